The zero-order valence-corrected chi connectivity index (χ0v) is 16.2. The summed E-state index contributed by atoms with van der Waals surface area (Å²) >= 11 is 0. The zero-order chi connectivity index (χ0) is 19.7. The van der Waals surface area contributed by atoms with E-state index in [9.17, 15) is 13.2 Å². The van der Waals surface area contributed by atoms with Gasteiger partial charge in [0.25, 0.3) is 15.6 Å². The molecule has 0 bridgehead atoms. The standard InChI is InChI=1S/C23H19NO3S/c1-17-11-13-21(14-12-17)28(26,27)24-20(15-18-7-3-2-4-8-18)16-19-9-5-6-10-22(19)23(24)25/h2-14,16H,15H2,1H3. The maximum Gasteiger partial charge on any atom is 0.272 e. The summed E-state index contributed by atoms with van der Waals surface area (Å²) in [5, 5.41) is 1.11. The van der Waals surface area contributed by atoms with Gasteiger partial charge in [-0.3, -0.25) is 4.79 Å². The maximum absolute atomic E-state index is 13.4. The highest BCUT2D eigenvalue weighted by atomic mass is 32.2. The minimum Gasteiger partial charge on any atom is -0.268 e. The van der Waals surface area contributed by atoms with Crippen LogP contribution in [-0.4, -0.2) is 12.4 Å². The van der Waals surface area contributed by atoms with Gasteiger partial charge in [-0.25, -0.2) is 12.4 Å². The molecule has 0 aliphatic carbocycles. The number of aromatic nitrogens is 1. The Morgan fingerprint density at radius 3 is 2.18 bits per heavy atom. The van der Waals surface area contributed by atoms with Gasteiger partial charge in [0.15, 0.2) is 0 Å². The fourth-order valence-corrected chi connectivity index (χ4v) is 4.74. The summed E-state index contributed by atoms with van der Waals surface area (Å²) in [5.74, 6) is 0. The topological polar surface area (TPSA) is 56.1 Å². The van der Waals surface area contributed by atoms with Crippen molar-refractivity contribution in [3.05, 3.63) is 112 Å². The third kappa shape index (κ3) is 3.25. The second-order valence-electron chi connectivity index (χ2n) is 6.77. The number of nitrogens with zero attached hydrogens (tertiary/aromatic N) is 1. The molecule has 0 aliphatic rings. The van der Waals surface area contributed by atoms with Crippen LogP contribution in [0.3, 0.4) is 0 Å². The van der Waals surface area contributed by atoms with Crippen molar-refractivity contribution in [3.63, 3.8) is 0 Å². The van der Waals surface area contributed by atoms with Crippen LogP contribution in [0.4, 0.5) is 0 Å². The molecule has 4 rings (SSSR count). The molecule has 0 spiro atoms. The second-order valence-corrected chi connectivity index (χ2v) is 8.56. The number of pyridine rings is 1. The number of rotatable bonds is 4. The van der Waals surface area contributed by atoms with Gasteiger partial charge in [-0.2, -0.15) is 0 Å². The molecule has 0 saturated heterocycles. The van der Waals surface area contributed by atoms with Crippen molar-refractivity contribution in [3.8, 4) is 0 Å². The lowest BCUT2D eigenvalue weighted by Gasteiger charge is -2.15. The van der Waals surface area contributed by atoms with Gasteiger partial charge in [0, 0.05) is 17.5 Å². The normalized spacial score (nSPS) is 11.6. The molecule has 0 fully saturated rings. The quantitative estimate of drug-likeness (QED) is 0.527. The molecule has 1 heterocycles. The molecule has 0 aliphatic heterocycles. The van der Waals surface area contributed by atoms with E-state index in [0.29, 0.717) is 17.5 Å². The SMILES string of the molecule is Cc1ccc(S(=O)(=O)n2c(Cc3ccccc3)cc3ccccc3c2=O)cc1. The number of benzene rings is 3. The van der Waals surface area contributed by atoms with Crippen LogP contribution in [0.1, 0.15) is 16.8 Å². The van der Waals surface area contributed by atoms with E-state index in [1.165, 1.54) is 0 Å². The number of aryl methyl sites for hydroxylation is 1. The first-order chi connectivity index (χ1) is 13.5. The van der Waals surface area contributed by atoms with Crippen LogP contribution >= 0.6 is 0 Å². The van der Waals surface area contributed by atoms with Gasteiger partial charge in [-0.15, -0.1) is 0 Å². The first-order valence-electron chi connectivity index (χ1n) is 8.97. The highest BCUT2D eigenvalue weighted by Gasteiger charge is 2.23. The Balaban J connectivity index is 2.00. The van der Waals surface area contributed by atoms with Gasteiger partial charge in [0.1, 0.15) is 0 Å². The Morgan fingerprint density at radius 1 is 0.821 bits per heavy atom. The first kappa shape index (κ1) is 18.2. The third-order valence-corrected chi connectivity index (χ3v) is 6.49. The highest BCUT2D eigenvalue weighted by molar-refractivity contribution is 7.90. The van der Waals surface area contributed by atoms with Crippen LogP contribution in [0.5, 0.6) is 0 Å². The summed E-state index contributed by atoms with van der Waals surface area (Å²) in [4.78, 5) is 13.3. The molecule has 4 nitrogen and oxygen atoms in total. The van der Waals surface area contributed by atoms with E-state index < -0.39 is 15.6 Å². The van der Waals surface area contributed by atoms with Crippen molar-refractivity contribution in [2.24, 2.45) is 0 Å². The minimum atomic E-state index is -4.02. The molecule has 1 aromatic heterocycles. The predicted molar refractivity (Wildman–Crippen MR) is 111 cm³/mol. The van der Waals surface area contributed by atoms with E-state index in [0.717, 1.165) is 20.5 Å². The minimum absolute atomic E-state index is 0.102. The highest BCUT2D eigenvalue weighted by Crippen LogP contribution is 2.21. The molecule has 140 valence electrons. The van der Waals surface area contributed by atoms with Crippen molar-refractivity contribution < 1.29 is 8.42 Å². The number of fused-ring (bicyclic) bond motifs is 1. The van der Waals surface area contributed by atoms with Crippen LogP contribution in [0, 0.1) is 6.92 Å². The Hall–Kier alpha value is -3.18. The monoisotopic (exact) mass is 389 g/mol. The maximum atomic E-state index is 13.4. The van der Waals surface area contributed by atoms with Crippen LogP contribution in [0.25, 0.3) is 10.8 Å². The average Bonchev–Trinajstić information content (AvgIpc) is 2.69. The molecule has 28 heavy (non-hydrogen) atoms. The molecule has 0 N–H and O–H groups in total. The number of hydrogen-bond donors (Lipinski definition) is 0. The second kappa shape index (κ2) is 7.09. The zero-order valence-electron chi connectivity index (χ0n) is 15.4. The average molecular weight is 389 g/mol. The van der Waals surface area contributed by atoms with Gasteiger partial charge in [-0.1, -0.05) is 66.2 Å². The predicted octanol–water partition coefficient (Wildman–Crippen LogP) is 4.14. The molecular formula is C23H19NO3S. The summed E-state index contributed by atoms with van der Waals surface area (Å²) in [6.45, 7) is 1.89. The first-order valence-corrected chi connectivity index (χ1v) is 10.4. The van der Waals surface area contributed by atoms with Crippen molar-refractivity contribution in [1.82, 2.24) is 3.97 Å². The van der Waals surface area contributed by atoms with E-state index >= 15 is 0 Å². The Morgan fingerprint density at radius 2 is 1.46 bits per heavy atom. The Kier molecular flexibility index (Phi) is 4.61. The molecule has 0 radical (unpaired) electrons. The number of hydrogen-bond acceptors (Lipinski definition) is 3. The molecule has 0 atom stereocenters. The Bertz CT molecular complexity index is 1310. The smallest absolute Gasteiger partial charge is 0.268 e. The fourth-order valence-electron chi connectivity index (χ4n) is 3.30. The lowest BCUT2D eigenvalue weighted by Crippen LogP contribution is -2.30. The van der Waals surface area contributed by atoms with Gasteiger partial charge in [0.05, 0.1) is 4.90 Å². The summed E-state index contributed by atoms with van der Waals surface area (Å²) < 4.78 is 27.7. The molecular weight excluding hydrogens is 370 g/mol. The van der Waals surface area contributed by atoms with Gasteiger partial charge < -0.3 is 0 Å². The largest absolute Gasteiger partial charge is 0.272 e. The molecule has 5 heteroatoms. The van der Waals surface area contributed by atoms with Crippen molar-refractivity contribution in [2.45, 2.75) is 18.2 Å². The van der Waals surface area contributed by atoms with Crippen LogP contribution < -0.4 is 5.56 Å². The fraction of sp³-hybridized carbons (Fsp3) is 0.0870. The van der Waals surface area contributed by atoms with E-state index in [1.807, 2.05) is 49.4 Å². The van der Waals surface area contributed by atoms with E-state index in [1.54, 1.807) is 42.5 Å². The molecule has 3 aromatic carbocycles. The van der Waals surface area contributed by atoms with Crippen LogP contribution in [0.15, 0.2) is 94.6 Å². The summed E-state index contributed by atoms with van der Waals surface area (Å²) in [5.41, 5.74) is 1.81. The van der Waals surface area contributed by atoms with E-state index in [-0.39, 0.29) is 4.90 Å². The molecule has 0 unspecified atom stereocenters. The Labute approximate surface area is 163 Å². The van der Waals surface area contributed by atoms with Gasteiger partial charge in [0.2, 0.25) is 0 Å². The van der Waals surface area contributed by atoms with Crippen LogP contribution in [0.2, 0.25) is 0 Å². The molecule has 0 amide bonds. The lowest BCUT2D eigenvalue weighted by molar-refractivity contribution is 0.583. The molecule has 0 saturated carbocycles. The van der Waals surface area contributed by atoms with Gasteiger partial charge in [-0.05, 0) is 42.1 Å². The van der Waals surface area contributed by atoms with Crippen molar-refractivity contribution in [1.29, 1.82) is 0 Å². The van der Waals surface area contributed by atoms with E-state index in [2.05, 4.69) is 0 Å². The summed E-state index contributed by atoms with van der Waals surface area (Å²) in [6, 6.07) is 24.9. The third-order valence-electron chi connectivity index (χ3n) is 4.75. The summed E-state index contributed by atoms with van der Waals surface area (Å²) in [7, 11) is -4.02. The van der Waals surface area contributed by atoms with E-state index in [4.69, 9.17) is 0 Å². The van der Waals surface area contributed by atoms with Crippen molar-refractivity contribution in [2.75, 3.05) is 0 Å². The lowest BCUT2D eigenvalue weighted by atomic mass is 10.1. The molecule has 4 aromatic rings. The van der Waals surface area contributed by atoms with Crippen LogP contribution in [-0.2, 0) is 16.4 Å². The van der Waals surface area contributed by atoms with Crippen molar-refractivity contribution >= 4 is 20.8 Å². The van der Waals surface area contributed by atoms with Gasteiger partial charge >= 0.3 is 0 Å². The summed E-state index contributed by atoms with van der Waals surface area (Å²) in [6.07, 6.45) is 0.339.